The summed E-state index contributed by atoms with van der Waals surface area (Å²) in [5, 5.41) is 13.7. The van der Waals surface area contributed by atoms with Crippen LogP contribution in [0.1, 0.15) is 200 Å². The molecule has 0 aliphatic rings. The summed E-state index contributed by atoms with van der Waals surface area (Å²) in [6.45, 7) is 4.61. The average molecular weight is 797 g/mol. The highest BCUT2D eigenvalue weighted by atomic mass is 31.2. The van der Waals surface area contributed by atoms with Crippen molar-refractivity contribution in [2.45, 2.75) is 212 Å². The van der Waals surface area contributed by atoms with Gasteiger partial charge < -0.3 is 28.8 Å². The standard InChI is InChI=1S/C46H89N2O6P/c1-6-8-10-12-14-16-18-19-20-21-22-23-24-25-26-27-28-29-30-32-34-36-38-40-46(50)47-44(43-54-55(51,52)53-42-41-48(3,4)5)45(49)39-37-35-33-31-17-15-13-11-9-7-2/h18-19,21-22,37,39,44-45,49H,6-17,20,23-36,38,40-43H2,1-5H3,(H-,47,50,51,52)/b19-18-,22-21-,39-37+. The lowest BCUT2D eigenvalue weighted by molar-refractivity contribution is -0.870. The minimum atomic E-state index is -4.58. The van der Waals surface area contributed by atoms with Crippen LogP contribution < -0.4 is 10.2 Å². The maximum Gasteiger partial charge on any atom is 0.268 e. The normalized spacial score (nSPS) is 14.7. The summed E-state index contributed by atoms with van der Waals surface area (Å²) in [6, 6.07) is -0.884. The Morgan fingerprint density at radius 1 is 0.636 bits per heavy atom. The monoisotopic (exact) mass is 797 g/mol. The lowest BCUT2D eigenvalue weighted by atomic mass is 10.0. The second-order valence-corrected chi connectivity index (χ2v) is 18.2. The topological polar surface area (TPSA) is 108 Å². The Hall–Kier alpha value is -1.28. The fraction of sp³-hybridized carbons (Fsp3) is 0.848. The van der Waals surface area contributed by atoms with E-state index in [0.717, 1.165) is 44.9 Å². The SMILES string of the molecule is CCCCCCC/C=C\C/C=C\CCCCCCCCCCCCCC(=O)NC(COP(=O)([O-])OCC[N+](C)(C)C)C(O)/C=C/CCCCCCCCCC. The number of nitrogens with one attached hydrogen (secondary N) is 1. The number of aliphatic hydroxyl groups is 1. The molecular weight excluding hydrogens is 707 g/mol. The zero-order valence-electron chi connectivity index (χ0n) is 36.6. The first-order chi connectivity index (χ1) is 26.5. The van der Waals surface area contributed by atoms with Gasteiger partial charge in [-0.3, -0.25) is 9.36 Å². The largest absolute Gasteiger partial charge is 0.756 e. The van der Waals surface area contributed by atoms with Crippen LogP contribution in [0, 0.1) is 0 Å². The summed E-state index contributed by atoms with van der Waals surface area (Å²) < 4.78 is 23.1. The first-order valence-electron chi connectivity index (χ1n) is 22.9. The number of carbonyl (C=O) groups excluding carboxylic acids is 1. The van der Waals surface area contributed by atoms with E-state index < -0.39 is 20.0 Å². The van der Waals surface area contributed by atoms with Crippen molar-refractivity contribution in [2.24, 2.45) is 0 Å². The van der Waals surface area contributed by atoms with Crippen LogP contribution in [0.2, 0.25) is 0 Å². The van der Waals surface area contributed by atoms with Crippen molar-refractivity contribution in [3.05, 3.63) is 36.5 Å². The van der Waals surface area contributed by atoms with Crippen LogP contribution in [0.4, 0.5) is 0 Å². The molecule has 0 rings (SSSR count). The van der Waals surface area contributed by atoms with Gasteiger partial charge in [-0.1, -0.05) is 179 Å². The second-order valence-electron chi connectivity index (χ2n) is 16.8. The van der Waals surface area contributed by atoms with Crippen LogP contribution in [0.5, 0.6) is 0 Å². The highest BCUT2D eigenvalue weighted by Crippen LogP contribution is 2.38. The van der Waals surface area contributed by atoms with Gasteiger partial charge in [0.2, 0.25) is 5.91 Å². The molecule has 0 aromatic rings. The number of unbranched alkanes of at least 4 members (excludes halogenated alkanes) is 24. The van der Waals surface area contributed by atoms with Crippen LogP contribution in [0.15, 0.2) is 36.5 Å². The van der Waals surface area contributed by atoms with Gasteiger partial charge in [0.05, 0.1) is 39.9 Å². The molecule has 0 aliphatic heterocycles. The molecule has 0 fully saturated rings. The van der Waals surface area contributed by atoms with E-state index in [1.54, 1.807) is 6.08 Å². The van der Waals surface area contributed by atoms with E-state index in [9.17, 15) is 19.4 Å². The van der Waals surface area contributed by atoms with Gasteiger partial charge in [-0.2, -0.15) is 0 Å². The molecule has 55 heavy (non-hydrogen) atoms. The molecule has 0 aromatic heterocycles. The molecule has 0 spiro atoms. The molecule has 3 atom stereocenters. The number of quaternary nitrogens is 1. The van der Waals surface area contributed by atoms with Gasteiger partial charge in [0, 0.05) is 6.42 Å². The predicted octanol–water partition coefficient (Wildman–Crippen LogP) is 12.1. The van der Waals surface area contributed by atoms with Gasteiger partial charge in [-0.05, 0) is 51.4 Å². The molecule has 9 heteroatoms. The molecule has 0 aromatic carbocycles. The molecule has 0 bridgehead atoms. The van der Waals surface area contributed by atoms with Crippen molar-refractivity contribution in [1.82, 2.24) is 5.32 Å². The number of rotatable bonds is 41. The highest BCUT2D eigenvalue weighted by Gasteiger charge is 2.23. The number of phosphoric acid groups is 1. The van der Waals surface area contributed by atoms with Crippen molar-refractivity contribution in [2.75, 3.05) is 40.9 Å². The fourth-order valence-corrected chi connectivity index (χ4v) is 7.14. The third kappa shape index (κ3) is 40.7. The van der Waals surface area contributed by atoms with Crippen LogP contribution in [0.3, 0.4) is 0 Å². The van der Waals surface area contributed by atoms with E-state index in [0.29, 0.717) is 17.4 Å². The molecule has 1 amide bonds. The van der Waals surface area contributed by atoms with Gasteiger partial charge >= 0.3 is 0 Å². The molecule has 0 heterocycles. The molecule has 2 N–H and O–H groups in total. The lowest BCUT2D eigenvalue weighted by Gasteiger charge is -2.29. The van der Waals surface area contributed by atoms with E-state index in [2.05, 4.69) is 43.5 Å². The first-order valence-corrected chi connectivity index (χ1v) is 24.3. The third-order valence-corrected chi connectivity index (χ3v) is 11.1. The zero-order chi connectivity index (χ0) is 40.7. The minimum absolute atomic E-state index is 0.00163. The Labute approximate surface area is 340 Å². The van der Waals surface area contributed by atoms with E-state index in [4.69, 9.17) is 9.05 Å². The van der Waals surface area contributed by atoms with Crippen LogP contribution in [-0.2, 0) is 18.4 Å². The summed E-state index contributed by atoms with van der Waals surface area (Å²) in [5.41, 5.74) is 0. The van der Waals surface area contributed by atoms with E-state index in [1.165, 1.54) is 135 Å². The number of phosphoric ester groups is 1. The fourth-order valence-electron chi connectivity index (χ4n) is 6.42. The smallest absolute Gasteiger partial charge is 0.268 e. The number of aliphatic hydroxyl groups excluding tert-OH is 1. The summed E-state index contributed by atoms with van der Waals surface area (Å²) >= 11 is 0. The Kier molecular flexibility index (Phi) is 37.4. The lowest BCUT2D eigenvalue weighted by Crippen LogP contribution is -2.45. The number of allylic oxidation sites excluding steroid dienone is 5. The summed E-state index contributed by atoms with van der Waals surface area (Å²) in [7, 11) is 1.26. The summed E-state index contributed by atoms with van der Waals surface area (Å²) in [4.78, 5) is 25.3. The van der Waals surface area contributed by atoms with Crippen molar-refractivity contribution in [1.29, 1.82) is 0 Å². The van der Waals surface area contributed by atoms with Crippen molar-refractivity contribution >= 4 is 13.7 Å². The Morgan fingerprint density at radius 3 is 1.51 bits per heavy atom. The Balaban J connectivity index is 4.24. The third-order valence-electron chi connectivity index (χ3n) is 10.1. The van der Waals surface area contributed by atoms with Gasteiger partial charge in [-0.15, -0.1) is 0 Å². The molecule has 3 unspecified atom stereocenters. The van der Waals surface area contributed by atoms with Crippen LogP contribution >= 0.6 is 7.82 Å². The zero-order valence-corrected chi connectivity index (χ0v) is 37.5. The molecule has 0 radical (unpaired) electrons. The number of hydrogen-bond donors (Lipinski definition) is 2. The van der Waals surface area contributed by atoms with E-state index in [-0.39, 0.29) is 19.1 Å². The second kappa shape index (κ2) is 38.2. The van der Waals surface area contributed by atoms with Crippen LogP contribution in [-0.4, -0.2) is 68.5 Å². The Morgan fingerprint density at radius 2 is 1.05 bits per heavy atom. The summed E-state index contributed by atoms with van der Waals surface area (Å²) in [5.74, 6) is -0.202. The van der Waals surface area contributed by atoms with Crippen LogP contribution in [0.25, 0.3) is 0 Å². The molecular formula is C46H89N2O6P. The average Bonchev–Trinajstić information content (AvgIpc) is 3.13. The summed E-state index contributed by atoms with van der Waals surface area (Å²) in [6.07, 6.45) is 46.2. The van der Waals surface area contributed by atoms with E-state index in [1.807, 2.05) is 27.2 Å². The number of amides is 1. The van der Waals surface area contributed by atoms with E-state index >= 15 is 0 Å². The number of hydrogen-bond acceptors (Lipinski definition) is 6. The molecule has 0 saturated heterocycles. The Bertz CT molecular complexity index is 995. The minimum Gasteiger partial charge on any atom is -0.756 e. The quantitative estimate of drug-likeness (QED) is 0.0276. The van der Waals surface area contributed by atoms with Crippen molar-refractivity contribution in [3.63, 3.8) is 0 Å². The van der Waals surface area contributed by atoms with Gasteiger partial charge in [0.1, 0.15) is 13.2 Å². The molecule has 0 aliphatic carbocycles. The number of likely N-dealkylation sites (N-methyl/N-ethyl adjacent to an activating group) is 1. The molecule has 0 saturated carbocycles. The first kappa shape index (κ1) is 53.7. The van der Waals surface area contributed by atoms with Gasteiger partial charge in [0.15, 0.2) is 0 Å². The number of carbonyl (C=O) groups is 1. The maximum absolute atomic E-state index is 12.8. The molecule has 324 valence electrons. The predicted molar refractivity (Wildman–Crippen MR) is 233 cm³/mol. The highest BCUT2D eigenvalue weighted by molar-refractivity contribution is 7.45. The van der Waals surface area contributed by atoms with Gasteiger partial charge in [0.25, 0.3) is 7.82 Å². The van der Waals surface area contributed by atoms with Gasteiger partial charge in [-0.25, -0.2) is 0 Å². The maximum atomic E-state index is 12.8. The number of nitrogens with zero attached hydrogens (tertiary/aromatic N) is 1. The molecule has 8 nitrogen and oxygen atoms in total. The van der Waals surface area contributed by atoms with Crippen molar-refractivity contribution in [3.8, 4) is 0 Å². The van der Waals surface area contributed by atoms with Crippen molar-refractivity contribution < 1.29 is 32.9 Å².